The number of allylic oxidation sites excluding steroid dienone is 4. The van der Waals surface area contributed by atoms with Gasteiger partial charge < -0.3 is 15.8 Å². The molecule has 5 N–H and O–H groups in total. The van der Waals surface area contributed by atoms with Crippen LogP contribution in [0.1, 0.15) is 42.6 Å². The van der Waals surface area contributed by atoms with E-state index in [9.17, 15) is 4.39 Å². The lowest BCUT2D eigenvalue weighted by molar-refractivity contribution is -0.101. The third-order valence-corrected chi connectivity index (χ3v) is 6.16. The average Bonchev–Trinajstić information content (AvgIpc) is 3.13. The van der Waals surface area contributed by atoms with Gasteiger partial charge in [-0.1, -0.05) is 0 Å². The van der Waals surface area contributed by atoms with Crippen LogP contribution in [-0.4, -0.2) is 57.4 Å². The number of aromatic nitrogens is 3. The van der Waals surface area contributed by atoms with Crippen LogP contribution >= 0.6 is 0 Å². The topological polar surface area (TPSA) is 125 Å². The maximum absolute atomic E-state index is 13.6. The maximum atomic E-state index is 13.6. The van der Waals surface area contributed by atoms with Crippen LogP contribution in [0.2, 0.25) is 0 Å². The highest BCUT2D eigenvalue weighted by Crippen LogP contribution is 2.32. The van der Waals surface area contributed by atoms with Crippen LogP contribution in [0.15, 0.2) is 30.2 Å². The molecule has 32 heavy (non-hydrogen) atoms. The average molecular weight is 440 g/mol. The van der Waals surface area contributed by atoms with Gasteiger partial charge in [0.25, 0.3) is 0 Å². The molecule has 2 fully saturated rings. The zero-order valence-electron chi connectivity index (χ0n) is 18.5. The first-order chi connectivity index (χ1) is 15.3. The van der Waals surface area contributed by atoms with E-state index >= 15 is 0 Å². The molecule has 2 aromatic heterocycles. The van der Waals surface area contributed by atoms with E-state index in [0.29, 0.717) is 17.3 Å². The van der Waals surface area contributed by atoms with Gasteiger partial charge in [0.1, 0.15) is 5.71 Å². The van der Waals surface area contributed by atoms with E-state index in [4.69, 9.17) is 21.3 Å². The van der Waals surface area contributed by atoms with Crippen molar-refractivity contribution >= 4 is 22.6 Å². The van der Waals surface area contributed by atoms with Gasteiger partial charge >= 0.3 is 0 Å². The fraction of sp³-hybridized carbons (Fsp3) is 0.478. The van der Waals surface area contributed by atoms with E-state index < -0.39 is 11.5 Å². The molecule has 2 aromatic rings. The third kappa shape index (κ3) is 4.69. The number of aryl methyl sites for hydroxylation is 2. The molecule has 1 unspecified atom stereocenters. The minimum atomic E-state index is -0.714. The van der Waals surface area contributed by atoms with E-state index in [1.54, 1.807) is 16.8 Å². The van der Waals surface area contributed by atoms with Crippen molar-refractivity contribution in [3.63, 3.8) is 0 Å². The quantitative estimate of drug-likeness (QED) is 0.509. The number of imidazole rings is 1. The number of piperidine rings is 1. The Morgan fingerprint density at radius 1 is 1.25 bits per heavy atom. The number of nitrogens with one attached hydrogen (secondary N) is 3. The summed E-state index contributed by atoms with van der Waals surface area (Å²) in [5, 5.41) is 22.7. The number of nitrogens with zero attached hydrogens (tertiary/aromatic N) is 3. The number of rotatable bonds is 1. The molecule has 1 aliphatic carbocycles. The van der Waals surface area contributed by atoms with Gasteiger partial charge in [0, 0.05) is 18.2 Å². The molecule has 0 radical (unpaired) electrons. The van der Waals surface area contributed by atoms with Crippen molar-refractivity contribution in [3.05, 3.63) is 47.2 Å². The molecule has 1 spiro atoms. The van der Waals surface area contributed by atoms with Crippen molar-refractivity contribution in [2.75, 3.05) is 19.7 Å². The molecule has 2 aliphatic heterocycles. The Kier molecular flexibility index (Phi) is 6.32. The summed E-state index contributed by atoms with van der Waals surface area (Å²) >= 11 is 0. The maximum Gasteiger partial charge on any atom is 0.156 e. The van der Waals surface area contributed by atoms with Crippen LogP contribution in [0.3, 0.4) is 0 Å². The molecule has 5 rings (SSSR count). The number of nitrogens with two attached hydrogens (primary N) is 1. The minimum absolute atomic E-state index is 0.142. The molecule has 2 saturated heterocycles. The monoisotopic (exact) mass is 439 g/mol. The molecule has 4 heterocycles. The predicted molar refractivity (Wildman–Crippen MR) is 123 cm³/mol. The molecule has 0 saturated carbocycles. The summed E-state index contributed by atoms with van der Waals surface area (Å²) in [5.41, 5.74) is 9.11. The summed E-state index contributed by atoms with van der Waals surface area (Å²) in [6.45, 7) is 6.83. The molecule has 170 valence electrons. The largest absolute Gasteiger partial charge is 0.375 e. The first-order valence-electron chi connectivity index (χ1n) is 11.0. The second-order valence-electron chi connectivity index (χ2n) is 8.78. The Morgan fingerprint density at radius 3 is 2.69 bits per heavy atom. The SMILES string of the molecule is Cc1cn2nc(C3=CC(=N)C(=N)C(F)=C3)cc(C)c2n1.NC1CCOC2(CCNCC2)C1. The molecule has 0 amide bonds. The lowest BCUT2D eigenvalue weighted by atomic mass is 9.83. The standard InChI is InChI=1S/C14H12FN5.C9H18N2O/c1-7-3-12(19-20-6-8(2)18-14(7)20)9-4-10(15)13(17)11(16)5-9;10-8-1-6-12-9(7-8)2-4-11-5-3-9/h3-6,16-17H,1-2H3;8,11H,1-7,10H2. The highest BCUT2D eigenvalue weighted by atomic mass is 19.1. The summed E-state index contributed by atoms with van der Waals surface area (Å²) in [6.07, 6.45) is 8.86. The fourth-order valence-corrected chi connectivity index (χ4v) is 4.44. The van der Waals surface area contributed by atoms with Crippen LogP contribution in [0, 0.1) is 24.7 Å². The molecule has 8 nitrogen and oxygen atoms in total. The van der Waals surface area contributed by atoms with Crippen LogP contribution in [0.4, 0.5) is 4.39 Å². The van der Waals surface area contributed by atoms with Crippen LogP contribution < -0.4 is 11.1 Å². The van der Waals surface area contributed by atoms with Gasteiger partial charge in [0.05, 0.1) is 28.9 Å². The van der Waals surface area contributed by atoms with Gasteiger partial charge in [-0.3, -0.25) is 10.8 Å². The van der Waals surface area contributed by atoms with E-state index in [2.05, 4.69) is 15.4 Å². The minimum Gasteiger partial charge on any atom is -0.375 e. The van der Waals surface area contributed by atoms with Crippen LogP contribution in [-0.2, 0) is 4.74 Å². The van der Waals surface area contributed by atoms with Gasteiger partial charge in [-0.2, -0.15) is 5.10 Å². The zero-order chi connectivity index (χ0) is 22.9. The van der Waals surface area contributed by atoms with E-state index in [1.807, 2.05) is 13.8 Å². The summed E-state index contributed by atoms with van der Waals surface area (Å²) < 4.78 is 21.1. The highest BCUT2D eigenvalue weighted by molar-refractivity contribution is 6.51. The number of ether oxygens (including phenoxy) is 1. The lowest BCUT2D eigenvalue weighted by Crippen LogP contribution is -2.50. The smallest absolute Gasteiger partial charge is 0.156 e. The van der Waals surface area contributed by atoms with Gasteiger partial charge in [-0.05, 0) is 76.4 Å². The Labute approximate surface area is 186 Å². The van der Waals surface area contributed by atoms with E-state index in [1.165, 1.54) is 12.2 Å². The fourth-order valence-electron chi connectivity index (χ4n) is 4.44. The number of fused-ring (bicyclic) bond motifs is 1. The molecule has 0 bridgehead atoms. The number of hydrogen-bond acceptors (Lipinski definition) is 7. The molecular formula is C23H30FN7O. The Hall–Kier alpha value is -2.75. The first kappa shape index (κ1) is 22.4. The number of hydrogen-bond donors (Lipinski definition) is 4. The van der Waals surface area contributed by atoms with E-state index in [0.717, 1.165) is 62.3 Å². The van der Waals surface area contributed by atoms with Crippen molar-refractivity contribution in [3.8, 4) is 0 Å². The summed E-state index contributed by atoms with van der Waals surface area (Å²) in [4.78, 5) is 4.36. The second-order valence-corrected chi connectivity index (χ2v) is 8.78. The van der Waals surface area contributed by atoms with E-state index in [-0.39, 0.29) is 11.3 Å². The molecule has 0 aromatic carbocycles. The van der Waals surface area contributed by atoms with Crippen LogP contribution in [0.5, 0.6) is 0 Å². The number of halogens is 1. The zero-order valence-corrected chi connectivity index (χ0v) is 18.5. The van der Waals surface area contributed by atoms with Crippen molar-refractivity contribution in [2.45, 2.75) is 51.2 Å². The van der Waals surface area contributed by atoms with Crippen molar-refractivity contribution in [2.24, 2.45) is 5.73 Å². The predicted octanol–water partition coefficient (Wildman–Crippen LogP) is 2.88. The molecule has 1 atom stereocenters. The van der Waals surface area contributed by atoms with Crippen molar-refractivity contribution < 1.29 is 9.13 Å². The molecule has 9 heteroatoms. The molecular weight excluding hydrogens is 409 g/mol. The molecule has 3 aliphatic rings. The van der Waals surface area contributed by atoms with Crippen LogP contribution in [0.25, 0.3) is 11.2 Å². The van der Waals surface area contributed by atoms with Gasteiger partial charge in [-0.15, -0.1) is 0 Å². The summed E-state index contributed by atoms with van der Waals surface area (Å²) in [7, 11) is 0. The summed E-state index contributed by atoms with van der Waals surface area (Å²) in [6, 6.07) is 2.18. The highest BCUT2D eigenvalue weighted by Gasteiger charge is 2.37. The Morgan fingerprint density at radius 2 is 2.00 bits per heavy atom. The van der Waals surface area contributed by atoms with Crippen molar-refractivity contribution in [1.29, 1.82) is 10.8 Å². The summed E-state index contributed by atoms with van der Waals surface area (Å²) in [5.74, 6) is -0.714. The Bertz CT molecular complexity index is 1110. The van der Waals surface area contributed by atoms with Gasteiger partial charge in [0.15, 0.2) is 11.5 Å². The normalized spacial score (nSPS) is 22.9. The van der Waals surface area contributed by atoms with Gasteiger partial charge in [-0.25, -0.2) is 13.9 Å². The Balaban J connectivity index is 0.000000174. The first-order valence-corrected chi connectivity index (χ1v) is 11.0. The van der Waals surface area contributed by atoms with Gasteiger partial charge in [0.2, 0.25) is 0 Å². The lowest BCUT2D eigenvalue weighted by Gasteiger charge is -2.42. The second kappa shape index (κ2) is 9.01. The third-order valence-electron chi connectivity index (χ3n) is 6.16. The van der Waals surface area contributed by atoms with Crippen molar-refractivity contribution in [1.82, 2.24) is 19.9 Å².